The Kier molecular flexibility index (Phi) is 110. The van der Waals surface area contributed by atoms with Gasteiger partial charge in [-0.25, -0.2) is 84.1 Å². The van der Waals surface area contributed by atoms with E-state index in [0.717, 1.165) is 53.8 Å². The third kappa shape index (κ3) is 86.7. The van der Waals surface area contributed by atoms with Crippen molar-refractivity contribution >= 4 is 287 Å². The second-order valence-corrected chi connectivity index (χ2v) is 48.8. The van der Waals surface area contributed by atoms with E-state index in [1.165, 1.54) is 120 Å². The largest absolute Gasteiger partial charge is 1.00 e. The number of nitrogens with zero attached hydrogens (tertiary/aromatic N) is 9. The molecule has 10 atom stereocenters. The molecule has 144 heavy (non-hydrogen) atoms. The molecule has 5 aliphatic heterocycles. The van der Waals surface area contributed by atoms with Gasteiger partial charge in [-0.05, 0) is 157 Å². The van der Waals surface area contributed by atoms with Gasteiger partial charge in [0.05, 0.1) is 91.0 Å². The summed E-state index contributed by atoms with van der Waals surface area (Å²) in [6.07, 6.45) is 8.35. The molecule has 0 aromatic carbocycles. The van der Waals surface area contributed by atoms with Crippen LogP contribution in [0.1, 0.15) is 129 Å². The molecule has 0 bridgehead atoms. The maximum atomic E-state index is 11.9. The normalized spacial score (nSPS) is 17.3. The Hall–Kier alpha value is -3.83. The van der Waals surface area contributed by atoms with E-state index in [0.29, 0.717) is 59.3 Å². The number of Topliss-reactive ketones (excluding diaryl/α,β-unsaturated/α-hetero) is 2. The number of nitrogens with two attached hydrogens (primary N) is 5. The number of ketones is 2. The minimum absolute atomic E-state index is 0. The van der Waals surface area contributed by atoms with E-state index in [-0.39, 0.29) is 169 Å². The van der Waals surface area contributed by atoms with Gasteiger partial charge in [-0.3, -0.25) is 38.4 Å². The van der Waals surface area contributed by atoms with Crippen molar-refractivity contribution in [2.24, 2.45) is 28.7 Å². The molecule has 8 rings (SSSR count). The number of rotatable bonds is 31. The number of methoxy groups -OCH3 is 3. The number of carbonyl (C=O) groups is 9. The summed E-state index contributed by atoms with van der Waals surface area (Å²) in [6.45, 7) is 15.1. The maximum absolute atomic E-state index is 11.9. The van der Waals surface area contributed by atoms with Gasteiger partial charge in [0.1, 0.15) is 70.4 Å². The summed E-state index contributed by atoms with van der Waals surface area (Å²) in [5.74, 6) is -3.89. The molecule has 0 saturated carbocycles. The molecule has 3 aromatic heterocycles. The number of sulfonamides is 4. The molecule has 21 N–H and O–H groups in total. The van der Waals surface area contributed by atoms with Crippen LogP contribution in [-0.4, -0.2) is 344 Å². The monoisotopic (exact) mass is 2480 g/mol. The zero-order valence-corrected chi connectivity index (χ0v) is 96.9. The molecule has 0 radical (unpaired) electrons. The van der Waals surface area contributed by atoms with Gasteiger partial charge in [-0.1, -0.05) is 98.7 Å². The minimum atomic E-state index is -3.68. The van der Waals surface area contributed by atoms with Crippen molar-refractivity contribution in [3.05, 3.63) is 76.3 Å². The van der Waals surface area contributed by atoms with Crippen LogP contribution in [0.5, 0.6) is 0 Å². The van der Waals surface area contributed by atoms with E-state index in [2.05, 4.69) is 96.9 Å². The zero-order valence-electron chi connectivity index (χ0n) is 80.1. The molecule has 8 heterocycles. The van der Waals surface area contributed by atoms with Gasteiger partial charge >= 0.3 is 79.5 Å². The fourth-order valence-corrected chi connectivity index (χ4v) is 21.1. The third-order valence-electron chi connectivity index (χ3n) is 16.3. The summed E-state index contributed by atoms with van der Waals surface area (Å²) in [7, 11) is 7.04. The van der Waals surface area contributed by atoms with Crippen LogP contribution in [0.15, 0.2) is 59.6 Å². The number of esters is 3. The number of hydrogen-bond donors (Lipinski definition) is 14. The van der Waals surface area contributed by atoms with E-state index >= 15 is 0 Å². The van der Waals surface area contributed by atoms with Gasteiger partial charge in [0.2, 0.25) is 58.4 Å². The van der Waals surface area contributed by atoms with E-state index < -0.39 is 165 Å². The van der Waals surface area contributed by atoms with E-state index in [1.54, 1.807) is 39.9 Å². The molecule has 71 heteroatoms. The fraction of sp³-hybridized carbons (Fsp3) is 0.630. The fourth-order valence-electron chi connectivity index (χ4n) is 9.39. The smallest absolute Gasteiger partial charge is 0.870 e. The molecular weight excluding hydrogens is 2360 g/mol. The summed E-state index contributed by atoms with van der Waals surface area (Å²) >= 11 is 18.3. The number of aromatic nitrogens is 3. The predicted octanol–water partition coefficient (Wildman–Crippen LogP) is -1.27. The first kappa shape index (κ1) is 168. The number of aliphatic carboxylic acids is 4. The number of carbonyl (C=O) groups excluding carboxylic acids is 5. The van der Waals surface area contributed by atoms with Gasteiger partial charge in [-0.15, -0.1) is 37.2 Å². The van der Waals surface area contributed by atoms with E-state index in [1.807, 2.05) is 22.9 Å². The van der Waals surface area contributed by atoms with Gasteiger partial charge in [-0.2, -0.15) is 15.8 Å². The Bertz CT molecular complexity index is 4670. The Labute approximate surface area is 937 Å². The van der Waals surface area contributed by atoms with Crippen LogP contribution in [-0.2, 0) is 120 Å². The van der Waals surface area contributed by atoms with Crippen molar-refractivity contribution in [3.8, 4) is 18.2 Å². The number of carboxylic acids is 4. The van der Waals surface area contributed by atoms with Crippen LogP contribution in [0.4, 0.5) is 11.6 Å². The average Bonchev–Trinajstić information content (AvgIpc) is 1.63. The Morgan fingerprint density at radius 3 is 1.08 bits per heavy atom. The number of aliphatic hydroxyl groups excluding tert-OH is 3. The van der Waals surface area contributed by atoms with Crippen LogP contribution >= 0.6 is 163 Å². The molecular formula is C73H124BrCl9Li2N16O33S10. The Morgan fingerprint density at radius 1 is 0.562 bits per heavy atom. The second kappa shape index (κ2) is 93.9. The number of halogens is 10. The predicted molar refractivity (Wildman–Crippen MR) is 557 cm³/mol. The number of pyridine rings is 3. The number of alkyl halides is 3. The number of ether oxygens (including phenoxy) is 4. The molecule has 0 amide bonds. The number of carboxylic acid groups (broad SMARTS) is 4. The van der Waals surface area contributed by atoms with Gasteiger partial charge < -0.3 is 99.2 Å². The van der Waals surface area contributed by atoms with Crippen molar-refractivity contribution in [3.63, 3.8) is 0 Å². The Balaban J connectivity index is -0.000000120. The summed E-state index contributed by atoms with van der Waals surface area (Å²) in [6, 6.07) is 7.67. The molecule has 3 aromatic rings. The number of aliphatic hydroxyl groups is 3. The summed E-state index contributed by atoms with van der Waals surface area (Å²) in [4.78, 5) is 111. The van der Waals surface area contributed by atoms with E-state index in [9.17, 15) is 85.2 Å². The number of nitrogens with one attached hydrogen (secondary N) is 2. The van der Waals surface area contributed by atoms with Gasteiger partial charge in [0, 0.05) is 101 Å². The van der Waals surface area contributed by atoms with E-state index in [4.69, 9.17) is 135 Å². The Morgan fingerprint density at radius 2 is 0.868 bits per heavy atom. The van der Waals surface area contributed by atoms with Crippen molar-refractivity contribution in [2.45, 2.75) is 177 Å². The summed E-state index contributed by atoms with van der Waals surface area (Å²) in [5.41, 5.74) is 28.1. The maximum Gasteiger partial charge on any atom is 1.00 e. The standard InChI is InChI=1S/C11H11N3O3S.C10H9N3O4S.C10H20N2O4S2.C8H16N2O4S2.C6H3BrN2.C6H15N.C5H10ClNO4S.C5H9NO3S.C4H7NO4S.C4H8O2.C2H3Cl3.2CH4O.Cl2OS.3ClH.2Li.2H2O/c1-8(15)10-3-5-18(16,17)14(10)11-6-9(7-12)2-4-13-11;11-6-7-1-3-12-9(5-7)13-8(10(14)15)2-4-18(13,16)17;1-15-9(13)7(11)3-5-17-18-6-4-8(12)10(14)16-2;9-5(7(11)12)1-3-15-16-4-2-6(10)8(13)14;7-6-3-5(4-8)1-2-9-6;1-4-7(5-2)6-3;1-11-5(8)4(7)2-3-12(6,9)10;1-4(7)5-2-3-10(8,9)6-5;6-4(7)3-1-2-10(8,9)5-3;5-4-2-1-3-6-4;1-2(3,4)5;2*1-2;1-4(2)3;;;;;;;/h2,4,6,10H,3,5H2,1H3;1,3,5,8H,2,4H2,(H,14,15);7-8H,3-6,11-12H2,1-2H3;5-6H,1-4,9-10H2,(H,11,12)(H,13,14);1-3H;4-6H2,1-3H3;4H,2-3,7H2,1H3;5-6H,2-3H2,1H3;3,5H,1-2H2,(H,6,7);4-5H,1-3H2;1H3;2*2H,1H3;;3*1H;;;2*1H2/q;;;;;;;;;;;;;;;;;2*+1;;/p-2/t10-;8-;7-,8-;5-,6-;;;4-;5-;3-;;;;;;;;;;;;/m0000..000............/s1. The SMILES string of the molecule is CC(=O)[C@@H]1CCS(=O)(=O)N1.CC(=O)[C@@H]1CCS(=O)(=O)N1c1cc(C#N)ccn1.CC(Cl)(Cl)Cl.CCN(CC)CC.CO.CO.COC(=O)[C@@H](N)CCS(=O)(=O)Cl.COC(=O)[C@@H](N)CCSSCC[C@H](N)C(=O)OC.Cl.Cl.Cl.N#Cc1ccnc(Br)c1.N#Cc1ccnc(N2[C@H](C(=O)O)CCS2(=O)=O)c1.N[C@@H](CCSSCC[C@H](N)C(=O)O)C(=O)O.O=C(O)[C@@H]1CCS(=O)(=O)N1.O=S(Cl)Cl.OC1CCCO1.[Li+].[Li+].[OH-].[OH-]. The molecule has 5 aliphatic rings. The number of nitriles is 3. The molecule has 5 fully saturated rings. The second-order valence-electron chi connectivity index (χ2n) is 26.6. The minimum Gasteiger partial charge on any atom is -0.870 e. The zero-order chi connectivity index (χ0) is 107. The molecule has 0 spiro atoms. The van der Waals surface area contributed by atoms with Crippen LogP contribution < -0.4 is 84.4 Å². The molecule has 826 valence electrons. The summed E-state index contributed by atoms with van der Waals surface area (Å²) in [5, 5.41) is 82.7. The first-order valence-corrected chi connectivity index (χ1v) is 58.1. The van der Waals surface area contributed by atoms with Crippen LogP contribution in [0.25, 0.3) is 0 Å². The molecule has 1 unspecified atom stereocenters. The topological polar surface area (TPSA) is 854 Å². The van der Waals surface area contributed by atoms with Crippen LogP contribution in [0, 0.1) is 34.0 Å². The van der Waals surface area contributed by atoms with Gasteiger partial charge in [0.15, 0.2) is 15.9 Å². The molecule has 49 nitrogen and oxygen atoms in total. The third-order valence-corrected chi connectivity index (χ3v) is 29.3. The first-order chi connectivity index (χ1) is 63.6. The van der Waals surface area contributed by atoms with Crippen molar-refractivity contribution in [2.75, 3.05) is 122 Å². The first-order valence-electron chi connectivity index (χ1n) is 39.4. The molecule has 5 saturated heterocycles. The van der Waals surface area contributed by atoms with Crippen molar-refractivity contribution < 1.29 is 193 Å². The van der Waals surface area contributed by atoms with Crippen molar-refractivity contribution in [1.29, 1.82) is 15.8 Å². The molecule has 0 aliphatic carbocycles. The quantitative estimate of drug-likeness (QED) is 0.00522. The van der Waals surface area contributed by atoms with Gasteiger partial charge in [0.25, 0.3) is 0 Å². The number of hydrogen-bond acceptors (Lipinski definition) is 45. The van der Waals surface area contributed by atoms with Crippen LogP contribution in [0.3, 0.4) is 0 Å². The number of anilines is 2. The van der Waals surface area contributed by atoms with Crippen molar-refractivity contribution in [1.82, 2.24) is 29.3 Å². The van der Waals surface area contributed by atoms with Crippen LogP contribution in [0.2, 0.25) is 0 Å². The average molecular weight is 2490 g/mol. The summed E-state index contributed by atoms with van der Waals surface area (Å²) < 4.78 is 144.